The first-order chi connectivity index (χ1) is 19.8. The number of amidine groups is 2. The number of aliphatic imine (C=N–C) groups is 2. The van der Waals surface area contributed by atoms with Crippen molar-refractivity contribution in [3.05, 3.63) is 89.5 Å². The van der Waals surface area contributed by atoms with Gasteiger partial charge in [0.15, 0.2) is 17.5 Å². The van der Waals surface area contributed by atoms with E-state index in [1.807, 2.05) is 36.3 Å². The number of ether oxygens (including phenoxy) is 1. The first-order valence-corrected chi connectivity index (χ1v) is 12.9. The SMILES string of the molecule is COc1c(NC(=C/C(N)=NC(=O)C2CC2)/C(N)=C\O)cccc1C1=CNC(C(=C=O)N(C)Cc2ccccn2)=NC1. The minimum atomic E-state index is -0.281. The fraction of sp³-hybridized carbons (Fsp3) is 0.241. The lowest BCUT2D eigenvalue weighted by Crippen LogP contribution is -2.33. The van der Waals surface area contributed by atoms with Gasteiger partial charge in [0.2, 0.25) is 0 Å². The van der Waals surface area contributed by atoms with Gasteiger partial charge in [-0.2, -0.15) is 4.99 Å². The third kappa shape index (κ3) is 7.20. The quantitative estimate of drug-likeness (QED) is 0.0905. The highest BCUT2D eigenvalue weighted by molar-refractivity contribution is 6.06. The van der Waals surface area contributed by atoms with E-state index in [9.17, 15) is 14.7 Å². The van der Waals surface area contributed by atoms with E-state index in [1.54, 1.807) is 30.4 Å². The Labute approximate surface area is 237 Å². The van der Waals surface area contributed by atoms with Crippen molar-refractivity contribution in [3.63, 3.8) is 0 Å². The highest BCUT2D eigenvalue weighted by Crippen LogP contribution is 2.35. The van der Waals surface area contributed by atoms with Crippen molar-refractivity contribution in [3.8, 4) is 5.75 Å². The number of para-hydroxylation sites is 1. The predicted molar refractivity (Wildman–Crippen MR) is 157 cm³/mol. The second-order valence-corrected chi connectivity index (χ2v) is 9.41. The molecular formula is C29H32N8O4. The lowest BCUT2D eigenvalue weighted by atomic mass is 10.0. The Morgan fingerprint density at radius 2 is 2.10 bits per heavy atom. The van der Waals surface area contributed by atoms with Gasteiger partial charge >= 0.3 is 0 Å². The van der Waals surface area contributed by atoms with Crippen LogP contribution in [-0.2, 0) is 16.1 Å². The molecule has 41 heavy (non-hydrogen) atoms. The van der Waals surface area contributed by atoms with Gasteiger partial charge in [0.25, 0.3) is 5.91 Å². The summed E-state index contributed by atoms with van der Waals surface area (Å²) in [5, 5.41) is 15.8. The number of amides is 1. The van der Waals surface area contributed by atoms with E-state index in [0.717, 1.165) is 35.9 Å². The smallest absolute Gasteiger partial charge is 0.250 e. The van der Waals surface area contributed by atoms with Crippen LogP contribution in [0.15, 0.2) is 88.2 Å². The van der Waals surface area contributed by atoms with Crippen LogP contribution >= 0.6 is 0 Å². The summed E-state index contributed by atoms with van der Waals surface area (Å²) in [4.78, 5) is 38.4. The number of nitrogens with one attached hydrogen (secondary N) is 2. The number of hydrogen-bond acceptors (Lipinski definition) is 10. The van der Waals surface area contributed by atoms with Crippen LogP contribution in [0.25, 0.3) is 5.57 Å². The Hall–Kier alpha value is -5.35. The van der Waals surface area contributed by atoms with Crippen molar-refractivity contribution in [2.24, 2.45) is 27.4 Å². The summed E-state index contributed by atoms with van der Waals surface area (Å²) in [6, 6.07) is 11.0. The van der Waals surface area contributed by atoms with Crippen LogP contribution in [0.3, 0.4) is 0 Å². The fourth-order valence-corrected chi connectivity index (χ4v) is 4.08. The van der Waals surface area contributed by atoms with Crippen LogP contribution in [0.2, 0.25) is 0 Å². The number of benzene rings is 1. The minimum Gasteiger partial charge on any atom is -0.513 e. The summed E-state index contributed by atoms with van der Waals surface area (Å²) in [5.41, 5.74) is 15.3. The number of nitrogens with two attached hydrogens (primary N) is 2. The average Bonchev–Trinajstić information content (AvgIpc) is 3.83. The molecular weight excluding hydrogens is 524 g/mol. The number of pyridine rings is 1. The minimum absolute atomic E-state index is 0.0229. The van der Waals surface area contributed by atoms with Crippen LogP contribution in [0.5, 0.6) is 5.75 Å². The van der Waals surface area contributed by atoms with E-state index in [1.165, 1.54) is 13.2 Å². The van der Waals surface area contributed by atoms with Crippen molar-refractivity contribution in [2.45, 2.75) is 19.4 Å². The lowest BCUT2D eigenvalue weighted by molar-refractivity contribution is -0.118. The van der Waals surface area contributed by atoms with Gasteiger partial charge in [-0.1, -0.05) is 18.2 Å². The van der Waals surface area contributed by atoms with Crippen molar-refractivity contribution >= 4 is 34.8 Å². The second-order valence-electron chi connectivity index (χ2n) is 9.41. The highest BCUT2D eigenvalue weighted by atomic mass is 16.5. The maximum absolute atomic E-state index is 12.0. The molecule has 0 spiro atoms. The van der Waals surface area contributed by atoms with Gasteiger partial charge in [-0.05, 0) is 31.0 Å². The number of nitrogens with zero attached hydrogens (tertiary/aromatic N) is 4. The second kappa shape index (κ2) is 13.1. The first kappa shape index (κ1) is 28.7. The topological polar surface area (TPSA) is 181 Å². The summed E-state index contributed by atoms with van der Waals surface area (Å²) >= 11 is 0. The van der Waals surface area contributed by atoms with E-state index in [4.69, 9.17) is 16.2 Å². The van der Waals surface area contributed by atoms with Crippen LogP contribution in [-0.4, -0.2) is 59.2 Å². The van der Waals surface area contributed by atoms with Crippen molar-refractivity contribution in [2.75, 3.05) is 26.0 Å². The Kier molecular flexibility index (Phi) is 9.18. The number of rotatable bonds is 11. The molecule has 1 amide bonds. The molecule has 1 aliphatic heterocycles. The Balaban J connectivity index is 1.53. The molecule has 2 heterocycles. The van der Waals surface area contributed by atoms with Crippen molar-refractivity contribution < 1.29 is 19.4 Å². The molecule has 0 bridgehead atoms. The number of methoxy groups -OCH3 is 1. The number of aliphatic hydroxyl groups is 1. The molecule has 212 valence electrons. The third-order valence-electron chi connectivity index (χ3n) is 6.36. The van der Waals surface area contributed by atoms with Crippen molar-refractivity contribution in [1.82, 2.24) is 15.2 Å². The maximum Gasteiger partial charge on any atom is 0.250 e. The van der Waals surface area contributed by atoms with E-state index in [0.29, 0.717) is 23.8 Å². The molecule has 1 aromatic carbocycles. The molecule has 1 aliphatic carbocycles. The Morgan fingerprint density at radius 3 is 2.71 bits per heavy atom. The number of anilines is 1. The Morgan fingerprint density at radius 1 is 1.29 bits per heavy atom. The molecule has 0 radical (unpaired) electrons. The fourth-order valence-electron chi connectivity index (χ4n) is 4.08. The number of aromatic nitrogens is 1. The zero-order valence-corrected chi connectivity index (χ0v) is 22.8. The molecule has 7 N–H and O–H groups in total. The summed E-state index contributed by atoms with van der Waals surface area (Å²) in [6.07, 6.45) is 7.15. The normalized spacial score (nSPS) is 15.6. The maximum atomic E-state index is 12.0. The van der Waals surface area contributed by atoms with Crippen LogP contribution in [0, 0.1) is 5.92 Å². The van der Waals surface area contributed by atoms with Crippen LogP contribution < -0.4 is 26.8 Å². The molecule has 2 aliphatic rings. The molecule has 1 saturated carbocycles. The van der Waals surface area contributed by atoms with Gasteiger partial charge in [-0.3, -0.25) is 14.8 Å². The monoisotopic (exact) mass is 556 g/mol. The summed E-state index contributed by atoms with van der Waals surface area (Å²) in [7, 11) is 3.29. The molecule has 4 rings (SSSR count). The molecule has 2 aromatic rings. The molecule has 0 unspecified atom stereocenters. The van der Waals surface area contributed by atoms with Gasteiger partial charge in [-0.25, -0.2) is 4.79 Å². The van der Waals surface area contributed by atoms with Crippen molar-refractivity contribution in [1.29, 1.82) is 0 Å². The zero-order chi connectivity index (χ0) is 29.4. The summed E-state index contributed by atoms with van der Waals surface area (Å²) in [6.45, 7) is 0.671. The van der Waals surface area contributed by atoms with Gasteiger partial charge in [-0.15, -0.1) is 0 Å². The van der Waals surface area contributed by atoms with Gasteiger partial charge in [0.1, 0.15) is 17.8 Å². The third-order valence-corrected chi connectivity index (χ3v) is 6.36. The summed E-state index contributed by atoms with van der Waals surface area (Å²) < 4.78 is 5.73. The first-order valence-electron chi connectivity index (χ1n) is 12.9. The number of carbonyl (C=O) groups excluding carboxylic acids is 2. The lowest BCUT2D eigenvalue weighted by Gasteiger charge is -2.24. The number of carbonyl (C=O) groups is 1. The molecule has 0 saturated heterocycles. The number of hydrogen-bond donors (Lipinski definition) is 5. The van der Waals surface area contributed by atoms with Gasteiger partial charge in [0, 0.05) is 42.6 Å². The highest BCUT2D eigenvalue weighted by Gasteiger charge is 2.29. The summed E-state index contributed by atoms with van der Waals surface area (Å²) in [5.74, 6) is 2.42. The molecule has 0 atom stereocenters. The van der Waals surface area contributed by atoms with Crippen LogP contribution in [0.1, 0.15) is 24.1 Å². The van der Waals surface area contributed by atoms with Crippen LogP contribution in [0.4, 0.5) is 5.69 Å². The largest absolute Gasteiger partial charge is 0.513 e. The van der Waals surface area contributed by atoms with Gasteiger partial charge in [0.05, 0.1) is 43.0 Å². The molecule has 1 fully saturated rings. The predicted octanol–water partition coefficient (Wildman–Crippen LogP) is 2.23. The van der Waals surface area contributed by atoms with Gasteiger partial charge < -0.3 is 36.8 Å². The Bertz CT molecular complexity index is 1500. The van der Waals surface area contributed by atoms with E-state index in [-0.39, 0.29) is 41.3 Å². The average molecular weight is 557 g/mol. The van der Waals surface area contributed by atoms with E-state index >= 15 is 0 Å². The number of aliphatic hydroxyl groups excluding tert-OH is 1. The van der Waals surface area contributed by atoms with E-state index < -0.39 is 0 Å². The molecule has 12 heteroatoms. The standard InChI is InChI=1S/C29H32N8O4/c1-37(15-20-6-3-4-11-32-20)25(17-39)28-33-13-19(14-34-28)21-7-5-8-23(27(21)41-2)35-24(22(30)16-38)12-26(31)36-29(40)18-9-10-18/h3-8,11-13,16,18,35,38H,9-10,14-15,30H2,1-2H3,(H,33,34)(H2,31,36,40)/b22-16+,24-12+. The number of likely N-dealkylation sites (N-methyl/N-ethyl adjacent to an activating group) is 1. The molecule has 12 nitrogen and oxygen atoms in total. The van der Waals surface area contributed by atoms with E-state index in [2.05, 4.69) is 25.6 Å². The molecule has 1 aromatic heterocycles. The zero-order valence-electron chi connectivity index (χ0n) is 22.8.